The molecular formula is C28H36O12. The molecule has 40 heavy (non-hydrogen) atoms. The molecule has 0 N–H and O–H groups in total. The molecule has 5 aliphatic rings. The summed E-state index contributed by atoms with van der Waals surface area (Å²) in [7, 11) is 0. The molecule has 3 aliphatic heterocycles. The summed E-state index contributed by atoms with van der Waals surface area (Å²) in [6.45, 7) is 12.0. The average Bonchev–Trinajstić information content (AvgIpc) is 3.65. The molecule has 5 rings (SSSR count). The number of carbonyl (C=O) groups is 5. The van der Waals surface area contributed by atoms with E-state index < -0.39 is 88.5 Å². The highest BCUT2D eigenvalue weighted by Gasteiger charge is 2.89. The van der Waals surface area contributed by atoms with E-state index in [1.54, 1.807) is 26.8 Å². The monoisotopic (exact) mass is 564 g/mol. The van der Waals surface area contributed by atoms with E-state index in [9.17, 15) is 24.0 Å². The first kappa shape index (κ1) is 28.5. The zero-order chi connectivity index (χ0) is 29.6. The number of ether oxygens (including phenoxy) is 7. The van der Waals surface area contributed by atoms with E-state index in [0.29, 0.717) is 5.57 Å². The van der Waals surface area contributed by atoms with Crippen LogP contribution in [0.2, 0.25) is 0 Å². The van der Waals surface area contributed by atoms with Gasteiger partial charge in [0, 0.05) is 46.5 Å². The van der Waals surface area contributed by atoms with Crippen molar-refractivity contribution in [1.29, 1.82) is 0 Å². The standard InChI is InChI=1S/C28H36O12/c1-12-9-21-28(27(8,40-28)24(33)38-21)23(37-16(5)32)22-25(6,18(35-14(3)30)10-17(12)34-13(2)29)19(36-15(4)31)11-20-26(22,7)39-20/h9,17-23H,10-11H2,1-8H3/b12-9-/t17?,18-,19-,20-,21-,22+,23?,25-,26-,27+,28+/m0/s1. The van der Waals surface area contributed by atoms with E-state index in [1.165, 1.54) is 27.7 Å². The van der Waals surface area contributed by atoms with Crippen molar-refractivity contribution in [3.8, 4) is 0 Å². The minimum Gasteiger partial charge on any atom is -0.462 e. The van der Waals surface area contributed by atoms with E-state index in [0.717, 1.165) is 0 Å². The lowest BCUT2D eigenvalue weighted by atomic mass is 9.53. The fourth-order valence-corrected chi connectivity index (χ4v) is 7.59. The number of hydrogen-bond acceptors (Lipinski definition) is 12. The van der Waals surface area contributed by atoms with Gasteiger partial charge in [-0.2, -0.15) is 0 Å². The van der Waals surface area contributed by atoms with Crippen LogP contribution >= 0.6 is 0 Å². The molecule has 2 aliphatic carbocycles. The van der Waals surface area contributed by atoms with Crippen molar-refractivity contribution in [2.45, 2.75) is 122 Å². The molecule has 4 fully saturated rings. The van der Waals surface area contributed by atoms with Crippen LogP contribution in [0.3, 0.4) is 0 Å². The molecule has 12 heteroatoms. The topological polar surface area (TPSA) is 157 Å². The predicted octanol–water partition coefficient (Wildman–Crippen LogP) is 1.70. The first-order valence-electron chi connectivity index (χ1n) is 13.5. The third-order valence-electron chi connectivity index (χ3n) is 9.50. The molecule has 3 saturated heterocycles. The molecule has 12 nitrogen and oxygen atoms in total. The van der Waals surface area contributed by atoms with Crippen molar-refractivity contribution < 1.29 is 57.1 Å². The number of epoxide rings is 2. The molecule has 1 spiro atoms. The van der Waals surface area contributed by atoms with Gasteiger partial charge in [-0.3, -0.25) is 19.2 Å². The number of esters is 5. The normalized spacial score (nSPS) is 47.9. The van der Waals surface area contributed by atoms with Gasteiger partial charge in [0.25, 0.3) is 0 Å². The highest BCUT2D eigenvalue weighted by atomic mass is 16.7. The quantitative estimate of drug-likeness (QED) is 0.211. The molecule has 0 radical (unpaired) electrons. The van der Waals surface area contributed by atoms with Crippen LogP contribution < -0.4 is 0 Å². The first-order valence-corrected chi connectivity index (χ1v) is 13.5. The average molecular weight is 565 g/mol. The van der Waals surface area contributed by atoms with Gasteiger partial charge in [-0.25, -0.2) is 4.79 Å². The second kappa shape index (κ2) is 9.01. The van der Waals surface area contributed by atoms with Crippen LogP contribution in [0.25, 0.3) is 0 Å². The molecule has 0 aromatic rings. The maximum Gasteiger partial charge on any atom is 0.342 e. The van der Waals surface area contributed by atoms with Crippen molar-refractivity contribution in [2.24, 2.45) is 11.3 Å². The van der Waals surface area contributed by atoms with E-state index >= 15 is 0 Å². The summed E-state index contributed by atoms with van der Waals surface area (Å²) in [5.41, 5.74) is -4.62. The maximum absolute atomic E-state index is 13.2. The molecule has 3 heterocycles. The largest absolute Gasteiger partial charge is 0.462 e. The third-order valence-corrected chi connectivity index (χ3v) is 9.50. The van der Waals surface area contributed by atoms with E-state index in [1.807, 2.05) is 6.92 Å². The Morgan fingerprint density at radius 3 is 1.93 bits per heavy atom. The summed E-state index contributed by atoms with van der Waals surface area (Å²) in [5.74, 6) is -3.83. The highest BCUT2D eigenvalue weighted by molar-refractivity contribution is 5.89. The molecule has 1 saturated carbocycles. The summed E-state index contributed by atoms with van der Waals surface area (Å²) in [6.07, 6.45) is -3.39. The zero-order valence-corrected chi connectivity index (χ0v) is 23.9. The molecule has 2 unspecified atom stereocenters. The molecule has 0 aromatic carbocycles. The zero-order valence-electron chi connectivity index (χ0n) is 23.9. The SMILES string of the molecule is CC(=O)OC1C[C@H](OC(C)=O)[C@@]2(C)[C@@H](OC(C)=O)C[C@@H]3O[C@]3(C)[C@@H]2C(OC(C)=O)[C@@]23O[C@]2(C)C(=O)O[C@H]3/C=C\1C. The fourth-order valence-electron chi connectivity index (χ4n) is 7.59. The molecule has 0 amide bonds. The van der Waals surface area contributed by atoms with Crippen molar-refractivity contribution in [1.82, 2.24) is 0 Å². The van der Waals surface area contributed by atoms with E-state index in [4.69, 9.17) is 33.2 Å². The second-order valence-corrected chi connectivity index (χ2v) is 12.1. The highest BCUT2D eigenvalue weighted by Crippen LogP contribution is 2.69. The van der Waals surface area contributed by atoms with Gasteiger partial charge in [0.2, 0.25) is 0 Å². The summed E-state index contributed by atoms with van der Waals surface area (Å²) in [5, 5.41) is 0. The molecule has 0 aromatic heterocycles. The number of fused-ring (bicyclic) bond motifs is 3. The van der Waals surface area contributed by atoms with Gasteiger partial charge in [0.05, 0.1) is 17.1 Å². The Balaban J connectivity index is 1.80. The molecule has 220 valence electrons. The van der Waals surface area contributed by atoms with E-state index in [2.05, 4.69) is 0 Å². The van der Waals surface area contributed by atoms with Gasteiger partial charge in [-0.05, 0) is 32.4 Å². The minimum absolute atomic E-state index is 0.00835. The number of hydrogen-bond donors (Lipinski definition) is 0. The Kier molecular flexibility index (Phi) is 6.42. The van der Waals surface area contributed by atoms with Crippen LogP contribution in [0.5, 0.6) is 0 Å². The van der Waals surface area contributed by atoms with Crippen LogP contribution in [-0.2, 0) is 57.1 Å². The smallest absolute Gasteiger partial charge is 0.342 e. The Labute approximate surface area is 231 Å². The Bertz CT molecular complexity index is 1210. The van der Waals surface area contributed by atoms with Crippen molar-refractivity contribution in [3.63, 3.8) is 0 Å². The van der Waals surface area contributed by atoms with Gasteiger partial charge in [-0.1, -0.05) is 6.92 Å². The summed E-state index contributed by atoms with van der Waals surface area (Å²) in [6, 6.07) is 0. The van der Waals surface area contributed by atoms with Crippen LogP contribution in [0.1, 0.15) is 68.2 Å². The van der Waals surface area contributed by atoms with Crippen LogP contribution in [-0.4, -0.2) is 83.3 Å². The minimum atomic E-state index is -1.47. The van der Waals surface area contributed by atoms with Crippen molar-refractivity contribution in [2.75, 3.05) is 0 Å². The van der Waals surface area contributed by atoms with Crippen molar-refractivity contribution >= 4 is 29.8 Å². The lowest BCUT2D eigenvalue weighted by Gasteiger charge is -2.54. The fraction of sp³-hybridized carbons (Fsp3) is 0.750. The van der Waals surface area contributed by atoms with Crippen LogP contribution in [0.4, 0.5) is 0 Å². The maximum atomic E-state index is 13.2. The molecule has 11 atom stereocenters. The molecule has 0 bridgehead atoms. The number of rotatable bonds is 4. The lowest BCUT2D eigenvalue weighted by Crippen LogP contribution is -2.66. The van der Waals surface area contributed by atoms with Gasteiger partial charge in [0.15, 0.2) is 17.3 Å². The van der Waals surface area contributed by atoms with Gasteiger partial charge in [0.1, 0.15) is 24.4 Å². The van der Waals surface area contributed by atoms with Crippen molar-refractivity contribution in [3.05, 3.63) is 11.6 Å². The van der Waals surface area contributed by atoms with Gasteiger partial charge >= 0.3 is 29.8 Å². The van der Waals surface area contributed by atoms with E-state index in [-0.39, 0.29) is 18.9 Å². The molecular weight excluding hydrogens is 528 g/mol. The van der Waals surface area contributed by atoms with Crippen LogP contribution in [0, 0.1) is 11.3 Å². The lowest BCUT2D eigenvalue weighted by molar-refractivity contribution is -0.215. The second-order valence-electron chi connectivity index (χ2n) is 12.1. The Morgan fingerprint density at radius 1 is 0.850 bits per heavy atom. The van der Waals surface area contributed by atoms with Gasteiger partial charge in [-0.15, -0.1) is 0 Å². The summed E-state index contributed by atoms with van der Waals surface area (Å²) >= 11 is 0. The van der Waals surface area contributed by atoms with Crippen LogP contribution in [0.15, 0.2) is 11.6 Å². The third kappa shape index (κ3) is 3.97. The predicted molar refractivity (Wildman–Crippen MR) is 132 cm³/mol. The Hall–Kier alpha value is -2.99. The van der Waals surface area contributed by atoms with Gasteiger partial charge < -0.3 is 33.2 Å². The summed E-state index contributed by atoms with van der Waals surface area (Å²) in [4.78, 5) is 62.9. The summed E-state index contributed by atoms with van der Waals surface area (Å²) < 4.78 is 41.8. The number of carbonyl (C=O) groups excluding carboxylic acids is 5. The Morgan fingerprint density at radius 2 is 1.40 bits per heavy atom. The first-order chi connectivity index (χ1) is 18.5.